The lowest BCUT2D eigenvalue weighted by Gasteiger charge is -2.47. The molecule has 0 saturated carbocycles. The van der Waals surface area contributed by atoms with E-state index in [1.807, 2.05) is 24.3 Å². The molecule has 9 atom stereocenters. The topological polar surface area (TPSA) is 79.0 Å². The van der Waals surface area contributed by atoms with Gasteiger partial charge < -0.3 is 22.8 Å². The highest BCUT2D eigenvalue weighted by Crippen LogP contribution is 2.42. The van der Waals surface area contributed by atoms with Crippen molar-refractivity contribution in [2.24, 2.45) is 17.8 Å². The molecule has 2 fully saturated rings. The van der Waals surface area contributed by atoms with Crippen molar-refractivity contribution in [3.8, 4) is 0 Å². The van der Waals surface area contributed by atoms with Gasteiger partial charge in [-0.15, -0.1) is 0 Å². The van der Waals surface area contributed by atoms with Crippen LogP contribution in [0.2, 0.25) is 58.9 Å². The van der Waals surface area contributed by atoms with Crippen molar-refractivity contribution in [2.75, 3.05) is 20.8 Å². The van der Waals surface area contributed by atoms with Gasteiger partial charge in [-0.1, -0.05) is 53.2 Å². The number of carbonyl (C=O) groups is 1. The van der Waals surface area contributed by atoms with E-state index in [1.165, 1.54) is 12.2 Å². The molecule has 1 aromatic rings. The Kier molecular flexibility index (Phi) is 14.4. The number of rotatable bonds is 17. The normalized spacial score (nSPS) is 27.2. The lowest BCUT2D eigenvalue weighted by atomic mass is 9.83. The fourth-order valence-corrected chi connectivity index (χ4v) is 10.5. The highest BCUT2D eigenvalue weighted by molar-refractivity contribution is 9.10. The van der Waals surface area contributed by atoms with E-state index in [-0.39, 0.29) is 48.4 Å². The molecule has 0 bridgehead atoms. The molecule has 1 aromatic carbocycles. The number of halogens is 1. The van der Waals surface area contributed by atoms with Crippen LogP contribution in [0.5, 0.6) is 0 Å². The highest BCUT2D eigenvalue weighted by atomic mass is 79.9. The van der Waals surface area contributed by atoms with Crippen LogP contribution in [0.15, 0.2) is 40.9 Å². The molecule has 0 spiro atoms. The molecule has 2 heterocycles. The zero-order valence-corrected chi connectivity index (χ0v) is 35.8. The lowest BCUT2D eigenvalue weighted by molar-refractivity contribution is -0.173. The molecule has 2 aliphatic rings. The summed E-state index contributed by atoms with van der Waals surface area (Å²) in [5.74, 6) is -0.202. The average molecular weight is 773 g/mol. The Hall–Kier alpha value is -0.679. The van der Waals surface area contributed by atoms with Gasteiger partial charge in [0.2, 0.25) is 0 Å². The van der Waals surface area contributed by atoms with Crippen molar-refractivity contribution in [2.45, 2.75) is 129 Å². The highest BCUT2D eigenvalue weighted by Gasteiger charge is 2.51. The first kappa shape index (κ1) is 40.7. The van der Waals surface area contributed by atoms with Gasteiger partial charge in [0.15, 0.2) is 25.0 Å². The van der Waals surface area contributed by atoms with Crippen molar-refractivity contribution in [1.82, 2.24) is 5.06 Å². The van der Waals surface area contributed by atoms with Crippen LogP contribution in [0.25, 0.3) is 0 Å². The number of hydroxylamine groups is 2. The molecule has 8 nitrogen and oxygen atoms in total. The molecule has 0 unspecified atom stereocenters. The number of carbonyl (C=O) groups excluding carboxylic acids is 1. The van der Waals surface area contributed by atoms with E-state index in [4.69, 9.17) is 27.6 Å². The van der Waals surface area contributed by atoms with Crippen LogP contribution in [-0.4, -0.2) is 93.3 Å². The predicted octanol–water partition coefficient (Wildman–Crippen LogP) is 8.06. The van der Waals surface area contributed by atoms with Gasteiger partial charge in [0.05, 0.1) is 50.2 Å². The number of hydrogen-bond acceptors (Lipinski definition) is 7. The summed E-state index contributed by atoms with van der Waals surface area (Å²) >= 11 is 3.66. The largest absolute Gasteiger partial charge is 0.415 e. The fraction of sp³-hybridized carbons (Fsp3) is 0.743. The average Bonchev–Trinajstić information content (AvgIpc) is 3.71. The van der Waals surface area contributed by atoms with Gasteiger partial charge in [-0.05, 0) is 96.7 Å². The smallest absolute Gasteiger partial charge is 0.253 e. The third-order valence-electron chi connectivity index (χ3n) is 8.83. The van der Waals surface area contributed by atoms with Crippen LogP contribution in [-0.2, 0) is 38.8 Å². The summed E-state index contributed by atoms with van der Waals surface area (Å²) in [6.45, 7) is 29.5. The summed E-state index contributed by atoms with van der Waals surface area (Å²) in [5, 5.41) is 1.29. The molecule has 268 valence electrons. The van der Waals surface area contributed by atoms with E-state index < -0.39 is 30.9 Å². The number of epoxide rings is 1. The van der Waals surface area contributed by atoms with Gasteiger partial charge in [0.25, 0.3) is 5.91 Å². The Labute approximate surface area is 296 Å². The van der Waals surface area contributed by atoms with Crippen molar-refractivity contribution in [3.05, 3.63) is 46.5 Å². The zero-order chi connectivity index (χ0) is 35.5. The third-order valence-corrected chi connectivity index (χ3v) is 12.6. The van der Waals surface area contributed by atoms with Crippen molar-refractivity contribution < 1.29 is 32.4 Å². The zero-order valence-electron chi connectivity index (χ0n) is 31.2. The molecule has 2 aliphatic heterocycles. The molecule has 0 aromatic heterocycles. The second-order valence-corrected chi connectivity index (χ2v) is 30.7. The fourth-order valence-electron chi connectivity index (χ4n) is 6.46. The maximum absolute atomic E-state index is 13.6. The van der Waals surface area contributed by atoms with Gasteiger partial charge >= 0.3 is 0 Å². The SMILES string of the molecule is C=C(C[C@@H]1OC[C@H](C[C@@H]2O[C@H]2[C@H](C)[C@H](C)O[Si](C)(C)C)[C@@H](O[Si](C)(C)C)[C@@H]1O[Si](C)(C)C)[C@H](Cc1ccccc1Br)C(=O)N(C)OC. The maximum Gasteiger partial charge on any atom is 0.253 e. The predicted molar refractivity (Wildman–Crippen MR) is 201 cm³/mol. The lowest BCUT2D eigenvalue weighted by Crippen LogP contribution is -2.58. The number of amides is 1. The first-order valence-corrected chi connectivity index (χ1v) is 28.1. The van der Waals surface area contributed by atoms with Crippen molar-refractivity contribution in [3.63, 3.8) is 0 Å². The minimum absolute atomic E-state index is 0.125. The standard InChI is InChI=1S/C35H62BrNO7Si3/c1-23(28(35(38)37(4)39-5)20-26-17-15-16-18-29(26)36)19-30-34(44-47(12,13)14)33(43-46(9,10)11)27(22-40-30)21-31-32(41-31)24(2)25(3)42-45(6,7)8/h15-18,24-25,27-28,30-34H,1,19-22H2,2-14H3/t24-,25+,27+,28+,30+,31+,32+,33-,34-/m1/s1. The Morgan fingerprint density at radius 3 is 2.13 bits per heavy atom. The summed E-state index contributed by atoms with van der Waals surface area (Å²) in [5.41, 5.74) is 1.83. The Morgan fingerprint density at radius 2 is 1.57 bits per heavy atom. The van der Waals surface area contributed by atoms with Crippen LogP contribution in [0.3, 0.4) is 0 Å². The number of nitrogens with zero attached hydrogens (tertiary/aromatic N) is 1. The van der Waals surface area contributed by atoms with Crippen LogP contribution >= 0.6 is 15.9 Å². The molecular weight excluding hydrogens is 711 g/mol. The van der Waals surface area contributed by atoms with Crippen LogP contribution in [0, 0.1) is 17.8 Å². The minimum Gasteiger partial charge on any atom is -0.415 e. The molecule has 0 N–H and O–H groups in total. The van der Waals surface area contributed by atoms with E-state index >= 15 is 0 Å². The maximum atomic E-state index is 13.6. The molecule has 1 amide bonds. The monoisotopic (exact) mass is 771 g/mol. The van der Waals surface area contributed by atoms with Gasteiger partial charge in [0.1, 0.15) is 0 Å². The van der Waals surface area contributed by atoms with E-state index in [9.17, 15) is 4.79 Å². The van der Waals surface area contributed by atoms with Gasteiger partial charge in [-0.3, -0.25) is 9.63 Å². The molecule has 47 heavy (non-hydrogen) atoms. The van der Waals surface area contributed by atoms with Gasteiger partial charge in [-0.25, -0.2) is 5.06 Å². The van der Waals surface area contributed by atoms with Gasteiger partial charge in [0, 0.05) is 29.5 Å². The number of hydrogen-bond donors (Lipinski definition) is 0. The van der Waals surface area contributed by atoms with Crippen molar-refractivity contribution >= 4 is 46.8 Å². The Bertz CT molecular complexity index is 1200. The number of ether oxygens (including phenoxy) is 2. The molecule has 2 saturated heterocycles. The Morgan fingerprint density at radius 1 is 0.979 bits per heavy atom. The summed E-state index contributed by atoms with van der Waals surface area (Å²) < 4.78 is 34.4. The molecule has 0 radical (unpaired) electrons. The van der Waals surface area contributed by atoms with Gasteiger partial charge in [-0.2, -0.15) is 0 Å². The molecule has 12 heteroatoms. The summed E-state index contributed by atoms with van der Waals surface area (Å²) in [6, 6.07) is 7.99. The first-order chi connectivity index (χ1) is 21.6. The third kappa shape index (κ3) is 12.6. The summed E-state index contributed by atoms with van der Waals surface area (Å²) in [6.07, 6.45) is 1.57. The molecule has 3 rings (SSSR count). The van der Waals surface area contributed by atoms with E-state index in [2.05, 4.69) is 95.3 Å². The summed E-state index contributed by atoms with van der Waals surface area (Å²) in [7, 11) is -2.52. The van der Waals surface area contributed by atoms with Crippen LogP contribution in [0.1, 0.15) is 32.3 Å². The second kappa shape index (κ2) is 16.6. The molecule has 0 aliphatic carbocycles. The van der Waals surface area contributed by atoms with Crippen LogP contribution in [0.4, 0.5) is 0 Å². The summed E-state index contributed by atoms with van der Waals surface area (Å²) in [4.78, 5) is 19.0. The quantitative estimate of drug-likeness (QED) is 0.0687. The van der Waals surface area contributed by atoms with E-state index in [0.29, 0.717) is 25.4 Å². The molecular formula is C35H62BrNO7Si3. The van der Waals surface area contributed by atoms with Crippen molar-refractivity contribution in [1.29, 1.82) is 0 Å². The van der Waals surface area contributed by atoms with E-state index in [0.717, 1.165) is 22.0 Å². The first-order valence-electron chi connectivity index (χ1n) is 17.1. The minimum atomic E-state index is -2.04. The number of benzene rings is 1. The second-order valence-electron chi connectivity index (χ2n) is 16.4. The Balaban J connectivity index is 1.86. The van der Waals surface area contributed by atoms with Crippen LogP contribution < -0.4 is 0 Å². The van der Waals surface area contributed by atoms with E-state index in [1.54, 1.807) is 7.05 Å².